The number of carbonyl (C=O) groups is 5. The molecule has 90 heavy (non-hydrogen) atoms. The summed E-state index contributed by atoms with van der Waals surface area (Å²) in [7, 11) is 3.44. The highest BCUT2D eigenvalue weighted by Crippen LogP contribution is 2.45. The van der Waals surface area contributed by atoms with Gasteiger partial charge in [-0.1, -0.05) is 79.1 Å². The monoisotopic (exact) mass is 1270 g/mol. The van der Waals surface area contributed by atoms with E-state index in [9.17, 15) is 23.2 Å². The van der Waals surface area contributed by atoms with Gasteiger partial charge in [0.05, 0.1) is 53.8 Å². The molecule has 10 rings (SSSR count). The number of fused-ring (bicyclic) bond motifs is 2. The molecule has 4 fully saturated rings. The molecule has 0 bridgehead atoms. The molecule has 12 atom stereocenters. The average Bonchev–Trinajstić information content (AvgIpc) is 1.63. The molecule has 4 aliphatic rings. The summed E-state index contributed by atoms with van der Waals surface area (Å²) in [6, 6.07) is 26.1. The van der Waals surface area contributed by atoms with E-state index in [4.69, 9.17) is 28.9 Å². The first-order valence-corrected chi connectivity index (χ1v) is 32.0. The van der Waals surface area contributed by atoms with Crippen molar-refractivity contribution >= 4 is 52.6 Å². The number of nitrogens with one attached hydrogen (secondary N) is 4. The normalized spacial score (nSPS) is 21.2. The minimum atomic E-state index is -1.18. The van der Waals surface area contributed by atoms with Crippen LogP contribution in [-0.4, -0.2) is 174 Å². The van der Waals surface area contributed by atoms with E-state index in [0.717, 1.165) is 22.3 Å². The average molecular weight is 1270 g/mol. The molecular weight excluding hydrogens is 1190 g/mol. The molecule has 19 nitrogen and oxygen atoms in total. The zero-order valence-electron chi connectivity index (χ0n) is 51.2. The van der Waals surface area contributed by atoms with Gasteiger partial charge in [-0.05, 0) is 114 Å². The summed E-state index contributed by atoms with van der Waals surface area (Å²) in [6.07, 6.45) is -1.74. The van der Waals surface area contributed by atoms with Gasteiger partial charge >= 0.3 is 12.2 Å². The fourth-order valence-electron chi connectivity index (χ4n) is 12.3. The van der Waals surface area contributed by atoms with Gasteiger partial charge in [0.2, 0.25) is 17.7 Å². The van der Waals surface area contributed by atoms with Crippen LogP contribution in [0.25, 0.3) is 21.1 Å². The van der Waals surface area contributed by atoms with Crippen LogP contribution in [0.3, 0.4) is 0 Å². The molecule has 4 saturated heterocycles. The van der Waals surface area contributed by atoms with Crippen LogP contribution < -0.4 is 21.3 Å². The van der Waals surface area contributed by atoms with Crippen molar-refractivity contribution in [3.63, 3.8) is 0 Å². The highest BCUT2D eigenvalue weighted by Gasteiger charge is 2.56. The number of benzene rings is 4. The number of likely N-dealkylation sites (tertiary alicyclic amines) is 4. The van der Waals surface area contributed by atoms with Gasteiger partial charge in [-0.2, -0.15) is 0 Å². The van der Waals surface area contributed by atoms with Crippen molar-refractivity contribution in [2.45, 2.75) is 126 Å². The quantitative estimate of drug-likeness (QED) is 0.0445. The second-order valence-electron chi connectivity index (χ2n) is 23.1. The minimum Gasteiger partial charge on any atom is -0.445 e. The highest BCUT2D eigenvalue weighted by atomic mass is 32.1. The Kier molecular flexibility index (Phi) is 21.4. The number of ether oxygens (including phenoxy) is 4. The number of likely N-dealkylation sites (N-methyl/N-ethyl adjacent to an activating group) is 2. The predicted octanol–water partition coefficient (Wildman–Crippen LogP) is 8.31. The smallest absolute Gasteiger partial charge is 0.410 e. The standard InChI is InChI=1S/C67H76F2N10O9S2/c1-40(70-6)41(2)72-57(64(81)76-30-28-55-59(76)51(34-78(55)66(83)87-36-45-16-10-8-11-17-45)53-38-89-62(73-53)47-20-24-49(68)25-21-47)43(4)85-32-14-15-33-86-44(5)58(75-61(80)42(3)71-7)65(82)77-31-29-56-60(77)52(35-79(56)67(84)88-37-46-18-12-9-13-19-46)54-39-90-63(74-54)48-22-26-50(69)27-23-48/h8-13,16-27,38-40,42-44,51-52,55-60,70-72H,2,28-37H2,1,3-7H3,(H,75,80)/t40-,42-,43?,44?,51+,52+,55+,56+,57?,58?,59+,60+/m0/s1. The first-order valence-electron chi connectivity index (χ1n) is 30.3. The fraction of sp³-hybridized carbons (Fsp3) is 0.418. The van der Waals surface area contributed by atoms with Gasteiger partial charge in [0.15, 0.2) is 0 Å². The molecule has 474 valence electrons. The summed E-state index contributed by atoms with van der Waals surface area (Å²) in [5, 5.41) is 17.6. The van der Waals surface area contributed by atoms with E-state index in [-0.39, 0.29) is 81.6 Å². The van der Waals surface area contributed by atoms with E-state index in [0.29, 0.717) is 46.5 Å². The Morgan fingerprint density at radius 2 is 1.00 bits per heavy atom. The number of halogens is 2. The van der Waals surface area contributed by atoms with Crippen molar-refractivity contribution < 1.29 is 51.7 Å². The number of hydrogen-bond acceptors (Lipinski definition) is 16. The summed E-state index contributed by atoms with van der Waals surface area (Å²) in [4.78, 5) is 89.1. The molecule has 0 aliphatic carbocycles. The molecule has 0 saturated carbocycles. The topological polar surface area (TPSA) is 209 Å². The van der Waals surface area contributed by atoms with E-state index in [1.807, 2.05) is 83.2 Å². The first-order chi connectivity index (χ1) is 43.5. The molecule has 6 aromatic rings. The number of hydrogen-bond donors (Lipinski definition) is 4. The third-order valence-corrected chi connectivity index (χ3v) is 19.4. The van der Waals surface area contributed by atoms with E-state index >= 15 is 9.59 Å². The molecule has 4 unspecified atom stereocenters. The zero-order valence-corrected chi connectivity index (χ0v) is 52.8. The zero-order chi connectivity index (χ0) is 63.6. The summed E-state index contributed by atoms with van der Waals surface area (Å²) >= 11 is 2.80. The van der Waals surface area contributed by atoms with Crippen LogP contribution in [0.1, 0.15) is 74.9 Å². The van der Waals surface area contributed by atoms with E-state index in [2.05, 4.69) is 39.7 Å². The number of rotatable bonds is 23. The molecule has 4 aromatic carbocycles. The summed E-state index contributed by atoms with van der Waals surface area (Å²) in [6.45, 7) is 12.3. The maximum absolute atomic E-state index is 15.3. The lowest BCUT2D eigenvalue weighted by molar-refractivity contribution is -0.141. The van der Waals surface area contributed by atoms with Crippen LogP contribution in [0.4, 0.5) is 18.4 Å². The SMILES string of the molecule is C=C(NC(C(=O)N1CC[C@@H]2[C@H]1[C@@H](c1csc(-c3ccc(F)cc3)n1)CN2C(=O)OCc1ccccc1)C(C)OCC#CCOC(C)C(NC(=O)[C@H](C)NC)C(=O)N1CC[C@@H]2[C@H]1[C@@H](c1csc(-c3ccc(F)cc3)n1)CN2C(=O)OCc1ccccc1)[C@H](C)NC. The first kappa shape index (κ1) is 64.9. The Balaban J connectivity index is 0.831. The Morgan fingerprint density at radius 3 is 1.41 bits per heavy atom. The summed E-state index contributed by atoms with van der Waals surface area (Å²) in [5.41, 5.74) is 5.07. The number of thiazole rings is 2. The lowest BCUT2D eigenvalue weighted by Crippen LogP contribution is -2.58. The molecule has 5 amide bonds. The van der Waals surface area contributed by atoms with Gasteiger partial charge in [-0.25, -0.2) is 28.3 Å². The second-order valence-corrected chi connectivity index (χ2v) is 24.8. The van der Waals surface area contributed by atoms with Crippen molar-refractivity contribution in [2.24, 2.45) is 0 Å². The van der Waals surface area contributed by atoms with Crippen molar-refractivity contribution in [2.75, 3.05) is 53.5 Å². The van der Waals surface area contributed by atoms with Crippen LogP contribution in [0.5, 0.6) is 0 Å². The van der Waals surface area contributed by atoms with Crippen LogP contribution in [0.15, 0.2) is 132 Å². The molecule has 0 radical (unpaired) electrons. The Hall–Kier alpha value is -8.11. The van der Waals surface area contributed by atoms with E-state index in [1.165, 1.54) is 46.9 Å². The Bertz CT molecular complexity index is 3310. The van der Waals surface area contributed by atoms with E-state index < -0.39 is 78.4 Å². The predicted molar refractivity (Wildman–Crippen MR) is 339 cm³/mol. The summed E-state index contributed by atoms with van der Waals surface area (Å²) < 4.78 is 52.3. The highest BCUT2D eigenvalue weighted by molar-refractivity contribution is 7.13. The lowest BCUT2D eigenvalue weighted by atomic mass is 9.96. The molecule has 23 heteroatoms. The second kappa shape index (κ2) is 29.7. The van der Waals surface area contributed by atoms with Crippen molar-refractivity contribution in [3.8, 4) is 33.0 Å². The van der Waals surface area contributed by atoms with Crippen molar-refractivity contribution in [1.29, 1.82) is 0 Å². The molecule has 6 heterocycles. The van der Waals surface area contributed by atoms with Gasteiger partial charge in [-0.15, -0.1) is 22.7 Å². The fourth-order valence-corrected chi connectivity index (χ4v) is 14.0. The number of amides is 5. The Labute approximate surface area is 531 Å². The molecule has 4 aliphatic heterocycles. The Morgan fingerprint density at radius 1 is 0.589 bits per heavy atom. The van der Waals surface area contributed by atoms with Gasteiger partial charge in [0, 0.05) is 71.6 Å². The maximum Gasteiger partial charge on any atom is 0.410 e. The van der Waals surface area contributed by atoms with Crippen LogP contribution in [0.2, 0.25) is 0 Å². The maximum atomic E-state index is 15.3. The number of nitrogens with zero attached hydrogens (tertiary/aromatic N) is 6. The van der Waals surface area contributed by atoms with Gasteiger partial charge in [0.25, 0.3) is 0 Å². The van der Waals surface area contributed by atoms with Gasteiger partial charge in [-0.3, -0.25) is 14.4 Å². The lowest BCUT2D eigenvalue weighted by Gasteiger charge is -2.34. The number of carbonyl (C=O) groups excluding carboxylic acids is 5. The molecular formula is C67H76F2N10O9S2. The van der Waals surface area contributed by atoms with Gasteiger partial charge < -0.3 is 59.8 Å². The van der Waals surface area contributed by atoms with E-state index in [1.54, 1.807) is 73.8 Å². The molecule has 2 aromatic heterocycles. The molecule has 4 N–H and O–H groups in total. The number of aromatic nitrogens is 2. The molecule has 0 spiro atoms. The van der Waals surface area contributed by atoms with Crippen molar-refractivity contribution in [1.82, 2.24) is 50.8 Å². The van der Waals surface area contributed by atoms with Gasteiger partial charge in [0.1, 0.15) is 60.2 Å². The third-order valence-electron chi connectivity index (χ3n) is 17.5. The largest absolute Gasteiger partial charge is 0.445 e. The van der Waals surface area contributed by atoms with Crippen LogP contribution in [0, 0.1) is 23.5 Å². The minimum absolute atomic E-state index is 0.0625. The summed E-state index contributed by atoms with van der Waals surface area (Å²) in [5.74, 6) is 3.35. The van der Waals surface area contributed by atoms with Crippen LogP contribution >= 0.6 is 22.7 Å². The van der Waals surface area contributed by atoms with Crippen molar-refractivity contribution in [3.05, 3.63) is 166 Å². The van der Waals surface area contributed by atoms with Crippen LogP contribution in [-0.2, 0) is 46.5 Å². The third kappa shape index (κ3) is 14.9.